The van der Waals surface area contributed by atoms with Crippen LogP contribution < -0.4 is 0 Å². The molecule has 0 radical (unpaired) electrons. The second-order valence-electron chi connectivity index (χ2n) is 6.90. The first-order chi connectivity index (χ1) is 11.2. The highest BCUT2D eigenvalue weighted by molar-refractivity contribution is 5.85. The average Bonchev–Trinajstić information content (AvgIpc) is 3.00. The fourth-order valence-corrected chi connectivity index (χ4v) is 3.39. The van der Waals surface area contributed by atoms with Gasteiger partial charge in [0.05, 0.1) is 6.10 Å². The van der Waals surface area contributed by atoms with Gasteiger partial charge in [-0.05, 0) is 23.5 Å². The summed E-state index contributed by atoms with van der Waals surface area (Å²) in [6.45, 7) is 7.94. The highest BCUT2D eigenvalue weighted by atomic mass is 35.5. The van der Waals surface area contributed by atoms with Crippen molar-refractivity contribution in [3.05, 3.63) is 71.8 Å². The first kappa shape index (κ1) is 19.0. The SMILES string of the molecule is CC(C)CN1CCC(OC(c2ccccc2)c2ccccc2)C1.Cl. The smallest absolute Gasteiger partial charge is 0.108 e. The molecule has 0 aliphatic carbocycles. The molecular weight excluding hydrogens is 318 g/mol. The zero-order valence-corrected chi connectivity index (χ0v) is 15.4. The number of hydrogen-bond donors (Lipinski definition) is 0. The molecule has 1 aliphatic heterocycles. The topological polar surface area (TPSA) is 12.5 Å². The third-order valence-electron chi connectivity index (χ3n) is 4.39. The van der Waals surface area contributed by atoms with Gasteiger partial charge in [0, 0.05) is 19.6 Å². The number of hydrogen-bond acceptors (Lipinski definition) is 2. The minimum absolute atomic E-state index is 0. The van der Waals surface area contributed by atoms with E-state index in [1.165, 1.54) is 17.7 Å². The lowest BCUT2D eigenvalue weighted by molar-refractivity contribution is 0.0138. The minimum Gasteiger partial charge on any atom is -0.364 e. The van der Waals surface area contributed by atoms with Gasteiger partial charge in [0.25, 0.3) is 0 Å². The molecule has 24 heavy (non-hydrogen) atoms. The molecule has 1 aliphatic rings. The van der Waals surface area contributed by atoms with Gasteiger partial charge in [0.2, 0.25) is 0 Å². The Morgan fingerprint density at radius 3 is 2.00 bits per heavy atom. The molecule has 0 saturated carbocycles. The molecule has 0 aromatic heterocycles. The fourth-order valence-electron chi connectivity index (χ4n) is 3.39. The average molecular weight is 346 g/mol. The summed E-state index contributed by atoms with van der Waals surface area (Å²) in [5.41, 5.74) is 2.47. The van der Waals surface area contributed by atoms with Crippen molar-refractivity contribution in [2.75, 3.05) is 19.6 Å². The molecule has 0 bridgehead atoms. The summed E-state index contributed by atoms with van der Waals surface area (Å²) >= 11 is 0. The Labute approximate surface area is 152 Å². The van der Waals surface area contributed by atoms with Gasteiger partial charge in [0.15, 0.2) is 0 Å². The Morgan fingerprint density at radius 1 is 0.958 bits per heavy atom. The number of likely N-dealkylation sites (tertiary alicyclic amines) is 1. The van der Waals surface area contributed by atoms with E-state index in [2.05, 4.69) is 79.4 Å². The molecule has 3 rings (SSSR count). The highest BCUT2D eigenvalue weighted by Gasteiger charge is 2.27. The van der Waals surface area contributed by atoms with E-state index < -0.39 is 0 Å². The van der Waals surface area contributed by atoms with Crippen molar-refractivity contribution in [1.29, 1.82) is 0 Å². The van der Waals surface area contributed by atoms with Crippen LogP contribution in [0.5, 0.6) is 0 Å². The lowest BCUT2D eigenvalue weighted by atomic mass is 10.0. The molecular formula is C21H28ClNO. The maximum absolute atomic E-state index is 6.55. The number of benzene rings is 2. The summed E-state index contributed by atoms with van der Waals surface area (Å²) < 4.78 is 6.55. The first-order valence-electron chi connectivity index (χ1n) is 8.70. The van der Waals surface area contributed by atoms with Crippen LogP contribution >= 0.6 is 12.4 Å². The normalized spacial score (nSPS) is 18.1. The molecule has 0 amide bonds. The Hall–Kier alpha value is -1.35. The summed E-state index contributed by atoms with van der Waals surface area (Å²) in [5, 5.41) is 0. The van der Waals surface area contributed by atoms with Crippen molar-refractivity contribution in [3.8, 4) is 0 Å². The van der Waals surface area contributed by atoms with Crippen LogP contribution in [0.15, 0.2) is 60.7 Å². The summed E-state index contributed by atoms with van der Waals surface area (Å²) in [5.74, 6) is 0.716. The largest absolute Gasteiger partial charge is 0.364 e. The number of ether oxygens (including phenoxy) is 1. The maximum atomic E-state index is 6.55. The highest BCUT2D eigenvalue weighted by Crippen LogP contribution is 2.29. The molecule has 2 aromatic carbocycles. The van der Waals surface area contributed by atoms with Crippen LogP contribution in [0.25, 0.3) is 0 Å². The van der Waals surface area contributed by atoms with Gasteiger partial charge in [0.1, 0.15) is 6.10 Å². The van der Waals surface area contributed by atoms with Gasteiger partial charge >= 0.3 is 0 Å². The predicted molar refractivity (Wildman–Crippen MR) is 103 cm³/mol. The Kier molecular flexibility index (Phi) is 7.29. The third kappa shape index (κ3) is 5.07. The lowest BCUT2D eigenvalue weighted by Gasteiger charge is -2.24. The predicted octanol–water partition coefficient (Wildman–Crippen LogP) is 4.94. The summed E-state index contributed by atoms with van der Waals surface area (Å²) in [6.07, 6.45) is 1.48. The molecule has 0 N–H and O–H groups in total. The van der Waals surface area contributed by atoms with Gasteiger partial charge < -0.3 is 9.64 Å². The van der Waals surface area contributed by atoms with Gasteiger partial charge in [-0.2, -0.15) is 0 Å². The van der Waals surface area contributed by atoms with Crippen LogP contribution in [-0.2, 0) is 4.74 Å². The molecule has 1 unspecified atom stereocenters. The molecule has 0 spiro atoms. The van der Waals surface area contributed by atoms with E-state index in [4.69, 9.17) is 4.74 Å². The minimum atomic E-state index is 0. The van der Waals surface area contributed by atoms with Crippen LogP contribution in [0, 0.1) is 5.92 Å². The van der Waals surface area contributed by atoms with E-state index in [0.717, 1.165) is 19.5 Å². The van der Waals surface area contributed by atoms with Crippen molar-refractivity contribution in [3.63, 3.8) is 0 Å². The van der Waals surface area contributed by atoms with E-state index in [1.54, 1.807) is 0 Å². The zero-order valence-electron chi connectivity index (χ0n) is 14.6. The zero-order chi connectivity index (χ0) is 16.1. The Bertz CT molecular complexity index is 548. The second kappa shape index (κ2) is 9.22. The van der Waals surface area contributed by atoms with E-state index in [-0.39, 0.29) is 18.5 Å². The molecule has 2 aromatic rings. The number of halogens is 1. The molecule has 1 fully saturated rings. The van der Waals surface area contributed by atoms with Crippen molar-refractivity contribution >= 4 is 12.4 Å². The molecule has 3 heteroatoms. The summed E-state index contributed by atoms with van der Waals surface area (Å²) in [7, 11) is 0. The van der Waals surface area contributed by atoms with Crippen molar-refractivity contribution < 1.29 is 4.74 Å². The van der Waals surface area contributed by atoms with Crippen LogP contribution in [0.3, 0.4) is 0 Å². The molecule has 130 valence electrons. The fraction of sp³-hybridized carbons (Fsp3) is 0.429. The van der Waals surface area contributed by atoms with Gasteiger partial charge in [-0.3, -0.25) is 0 Å². The Balaban J connectivity index is 0.00000208. The van der Waals surface area contributed by atoms with Crippen molar-refractivity contribution in [2.45, 2.75) is 32.5 Å². The standard InChI is InChI=1S/C21H27NO.ClH/c1-17(2)15-22-14-13-20(16-22)23-21(18-9-5-3-6-10-18)19-11-7-4-8-12-19;/h3-12,17,20-21H,13-16H2,1-2H3;1H. The maximum Gasteiger partial charge on any atom is 0.108 e. The molecule has 1 atom stereocenters. The van der Waals surface area contributed by atoms with Gasteiger partial charge in [-0.1, -0.05) is 74.5 Å². The van der Waals surface area contributed by atoms with Crippen LogP contribution in [0.2, 0.25) is 0 Å². The van der Waals surface area contributed by atoms with Gasteiger partial charge in [-0.15, -0.1) is 12.4 Å². The van der Waals surface area contributed by atoms with Crippen molar-refractivity contribution in [1.82, 2.24) is 4.90 Å². The van der Waals surface area contributed by atoms with Crippen molar-refractivity contribution in [2.24, 2.45) is 5.92 Å². The quantitative estimate of drug-likeness (QED) is 0.734. The summed E-state index contributed by atoms with van der Waals surface area (Å²) in [6, 6.07) is 21.1. The molecule has 1 saturated heterocycles. The lowest BCUT2D eigenvalue weighted by Crippen LogP contribution is -2.27. The van der Waals surface area contributed by atoms with E-state index in [9.17, 15) is 0 Å². The monoisotopic (exact) mass is 345 g/mol. The molecule has 1 heterocycles. The van der Waals surface area contributed by atoms with Crippen LogP contribution in [0.4, 0.5) is 0 Å². The van der Waals surface area contributed by atoms with Crippen LogP contribution in [-0.4, -0.2) is 30.6 Å². The Morgan fingerprint density at radius 2 is 1.50 bits per heavy atom. The second-order valence-corrected chi connectivity index (χ2v) is 6.90. The van der Waals surface area contributed by atoms with Gasteiger partial charge in [-0.25, -0.2) is 0 Å². The van der Waals surface area contributed by atoms with Crippen LogP contribution in [0.1, 0.15) is 37.5 Å². The van der Waals surface area contributed by atoms with E-state index >= 15 is 0 Å². The van der Waals surface area contributed by atoms with E-state index in [1.807, 2.05) is 0 Å². The summed E-state index contributed by atoms with van der Waals surface area (Å²) in [4.78, 5) is 2.53. The van der Waals surface area contributed by atoms with E-state index in [0.29, 0.717) is 12.0 Å². The number of nitrogens with zero attached hydrogens (tertiary/aromatic N) is 1. The third-order valence-corrected chi connectivity index (χ3v) is 4.39. The molecule has 2 nitrogen and oxygen atoms in total. The number of rotatable bonds is 6. The first-order valence-corrected chi connectivity index (χ1v) is 8.70.